The minimum absolute atomic E-state index is 0.319. The number of hydrogen-bond acceptors (Lipinski definition) is 4. The van der Waals surface area contributed by atoms with Gasteiger partial charge in [-0.1, -0.05) is 17.7 Å². The number of carbonyl (C=O) groups is 1. The molecule has 0 bridgehead atoms. The third-order valence-electron chi connectivity index (χ3n) is 3.54. The number of aromatic amines is 1. The van der Waals surface area contributed by atoms with E-state index in [4.69, 9.17) is 26.2 Å². The van der Waals surface area contributed by atoms with Crippen LogP contribution in [0.15, 0.2) is 36.4 Å². The summed E-state index contributed by atoms with van der Waals surface area (Å²) in [6.45, 7) is 1.46. The molecule has 7 heteroatoms. The summed E-state index contributed by atoms with van der Waals surface area (Å²) < 4.78 is 10.9. The Balaban J connectivity index is 2.13. The Morgan fingerprint density at radius 1 is 1.33 bits per heavy atom. The maximum absolute atomic E-state index is 11.1. The molecule has 0 aliphatic carbocycles. The van der Waals surface area contributed by atoms with Gasteiger partial charge in [-0.2, -0.15) is 0 Å². The average Bonchev–Trinajstić information content (AvgIpc) is 2.97. The Kier molecular flexibility index (Phi) is 4.31. The van der Waals surface area contributed by atoms with E-state index >= 15 is 0 Å². The summed E-state index contributed by atoms with van der Waals surface area (Å²) in [4.78, 5) is 18.8. The lowest BCUT2D eigenvalue weighted by Gasteiger charge is -2.16. The van der Waals surface area contributed by atoms with Gasteiger partial charge in [0, 0.05) is 5.02 Å². The second-order valence-electron chi connectivity index (χ2n) is 5.18. The molecule has 0 fully saturated rings. The van der Waals surface area contributed by atoms with Crippen LogP contribution >= 0.6 is 11.6 Å². The van der Waals surface area contributed by atoms with Crippen LogP contribution < -0.4 is 9.47 Å². The number of aromatic nitrogens is 2. The number of carboxylic acids is 1. The first-order valence-electron chi connectivity index (χ1n) is 7.21. The van der Waals surface area contributed by atoms with Crippen molar-refractivity contribution in [1.29, 1.82) is 0 Å². The first-order chi connectivity index (χ1) is 11.5. The van der Waals surface area contributed by atoms with Crippen LogP contribution in [-0.4, -0.2) is 34.3 Å². The zero-order valence-corrected chi connectivity index (χ0v) is 13.8. The highest BCUT2D eigenvalue weighted by molar-refractivity contribution is 6.31. The standard InChI is InChI=1S/C17H15ClN2O4/c1-9(17(21)22)24-15-11(4-3-5-14(15)23-2)16-19-12-7-6-10(18)8-13(12)20-16/h3-9H,1-2H3,(H,19,20)(H,21,22). The Labute approximate surface area is 143 Å². The molecule has 3 rings (SSSR count). The van der Waals surface area contributed by atoms with Crippen molar-refractivity contribution in [2.24, 2.45) is 0 Å². The number of aliphatic carboxylic acids is 1. The van der Waals surface area contributed by atoms with Crippen LogP contribution in [0.4, 0.5) is 0 Å². The van der Waals surface area contributed by atoms with Crippen molar-refractivity contribution in [1.82, 2.24) is 9.97 Å². The van der Waals surface area contributed by atoms with E-state index in [1.165, 1.54) is 14.0 Å². The third-order valence-corrected chi connectivity index (χ3v) is 3.78. The van der Waals surface area contributed by atoms with Crippen molar-refractivity contribution in [2.45, 2.75) is 13.0 Å². The van der Waals surface area contributed by atoms with Gasteiger partial charge in [0.1, 0.15) is 5.82 Å². The van der Waals surface area contributed by atoms with Gasteiger partial charge >= 0.3 is 5.97 Å². The van der Waals surface area contributed by atoms with Crippen molar-refractivity contribution in [3.8, 4) is 22.9 Å². The molecule has 0 spiro atoms. The number of H-pyrrole nitrogens is 1. The van der Waals surface area contributed by atoms with Crippen LogP contribution in [0.5, 0.6) is 11.5 Å². The Hall–Kier alpha value is -2.73. The molecule has 1 atom stereocenters. The maximum atomic E-state index is 11.1. The normalized spacial score (nSPS) is 12.1. The molecule has 2 aromatic carbocycles. The highest BCUT2D eigenvalue weighted by atomic mass is 35.5. The number of methoxy groups -OCH3 is 1. The summed E-state index contributed by atoms with van der Waals surface area (Å²) in [6.07, 6.45) is -1.03. The molecule has 1 unspecified atom stereocenters. The highest BCUT2D eigenvalue weighted by Crippen LogP contribution is 2.38. The van der Waals surface area contributed by atoms with Gasteiger partial charge in [-0.05, 0) is 37.3 Å². The van der Waals surface area contributed by atoms with E-state index in [9.17, 15) is 4.79 Å². The summed E-state index contributed by atoms with van der Waals surface area (Å²) in [5.41, 5.74) is 2.13. The summed E-state index contributed by atoms with van der Waals surface area (Å²) in [7, 11) is 1.50. The molecule has 1 aromatic heterocycles. The number of carboxylic acid groups (broad SMARTS) is 1. The largest absolute Gasteiger partial charge is 0.493 e. The van der Waals surface area contributed by atoms with Crippen molar-refractivity contribution in [3.63, 3.8) is 0 Å². The average molecular weight is 347 g/mol. The lowest BCUT2D eigenvalue weighted by molar-refractivity contribution is -0.144. The highest BCUT2D eigenvalue weighted by Gasteiger charge is 2.21. The predicted molar refractivity (Wildman–Crippen MR) is 90.8 cm³/mol. The Morgan fingerprint density at radius 2 is 2.12 bits per heavy atom. The molecule has 0 saturated heterocycles. The second-order valence-corrected chi connectivity index (χ2v) is 5.62. The molecule has 124 valence electrons. The number of nitrogens with one attached hydrogen (secondary N) is 1. The molecular formula is C17H15ClN2O4. The molecule has 0 aliphatic heterocycles. The van der Waals surface area contributed by atoms with Crippen molar-refractivity contribution < 1.29 is 19.4 Å². The molecule has 0 radical (unpaired) electrons. The van der Waals surface area contributed by atoms with Gasteiger partial charge in [-0.3, -0.25) is 0 Å². The first-order valence-corrected chi connectivity index (χ1v) is 7.59. The van der Waals surface area contributed by atoms with E-state index in [-0.39, 0.29) is 0 Å². The summed E-state index contributed by atoms with van der Waals surface area (Å²) in [5, 5.41) is 9.71. The van der Waals surface area contributed by atoms with Crippen LogP contribution in [0.2, 0.25) is 5.02 Å². The van der Waals surface area contributed by atoms with Gasteiger partial charge in [0.25, 0.3) is 0 Å². The zero-order chi connectivity index (χ0) is 17.3. The van der Waals surface area contributed by atoms with Gasteiger partial charge in [-0.25, -0.2) is 9.78 Å². The molecule has 24 heavy (non-hydrogen) atoms. The molecule has 3 aromatic rings. The van der Waals surface area contributed by atoms with Crippen molar-refractivity contribution in [3.05, 3.63) is 41.4 Å². The predicted octanol–water partition coefficient (Wildman–Crippen LogP) is 3.74. The van der Waals surface area contributed by atoms with Gasteiger partial charge < -0.3 is 19.6 Å². The van der Waals surface area contributed by atoms with E-state index < -0.39 is 12.1 Å². The quantitative estimate of drug-likeness (QED) is 0.735. The van der Waals surface area contributed by atoms with Crippen LogP contribution in [0.25, 0.3) is 22.4 Å². The SMILES string of the molecule is COc1cccc(-c2nc3ccc(Cl)cc3[nH]2)c1OC(C)C(=O)O. The number of benzene rings is 2. The van der Waals surface area contributed by atoms with E-state index in [2.05, 4.69) is 9.97 Å². The molecule has 0 aliphatic rings. The van der Waals surface area contributed by atoms with E-state index in [0.717, 1.165) is 11.0 Å². The lowest BCUT2D eigenvalue weighted by atomic mass is 10.1. The fraction of sp³-hybridized carbons (Fsp3) is 0.176. The van der Waals surface area contributed by atoms with Gasteiger partial charge in [0.2, 0.25) is 0 Å². The second kappa shape index (κ2) is 6.41. The zero-order valence-electron chi connectivity index (χ0n) is 13.0. The first kappa shape index (κ1) is 16.1. The number of fused-ring (bicyclic) bond motifs is 1. The monoisotopic (exact) mass is 346 g/mol. The Morgan fingerprint density at radius 3 is 2.83 bits per heavy atom. The summed E-state index contributed by atoms with van der Waals surface area (Å²) in [5.74, 6) is 0.223. The number of nitrogens with zero attached hydrogens (tertiary/aromatic N) is 1. The van der Waals surface area contributed by atoms with Gasteiger partial charge in [0.15, 0.2) is 17.6 Å². The fourth-order valence-electron chi connectivity index (χ4n) is 2.32. The van der Waals surface area contributed by atoms with Crippen LogP contribution in [0, 0.1) is 0 Å². The summed E-state index contributed by atoms with van der Waals surface area (Å²) in [6, 6.07) is 10.6. The van der Waals surface area contributed by atoms with Gasteiger partial charge in [-0.15, -0.1) is 0 Å². The number of rotatable bonds is 5. The van der Waals surface area contributed by atoms with Gasteiger partial charge in [0.05, 0.1) is 23.7 Å². The minimum Gasteiger partial charge on any atom is -0.493 e. The number of ether oxygens (including phenoxy) is 2. The van der Waals surface area contributed by atoms with Crippen LogP contribution in [0.1, 0.15) is 6.92 Å². The molecular weight excluding hydrogens is 332 g/mol. The van der Waals surface area contributed by atoms with Crippen molar-refractivity contribution >= 4 is 28.6 Å². The topological polar surface area (TPSA) is 84.4 Å². The smallest absolute Gasteiger partial charge is 0.344 e. The van der Waals surface area contributed by atoms with Crippen LogP contribution in [0.3, 0.4) is 0 Å². The molecule has 6 nitrogen and oxygen atoms in total. The molecule has 1 heterocycles. The molecule has 2 N–H and O–H groups in total. The number of para-hydroxylation sites is 1. The van der Waals surface area contributed by atoms with Crippen LogP contribution in [-0.2, 0) is 4.79 Å². The van der Waals surface area contributed by atoms with E-state index in [1.807, 2.05) is 0 Å². The molecule has 0 saturated carbocycles. The van der Waals surface area contributed by atoms with E-state index in [0.29, 0.717) is 27.9 Å². The molecule has 0 amide bonds. The Bertz CT molecular complexity index is 907. The minimum atomic E-state index is -1.07. The maximum Gasteiger partial charge on any atom is 0.344 e. The summed E-state index contributed by atoms with van der Waals surface area (Å²) >= 11 is 6.00. The number of hydrogen-bond donors (Lipinski definition) is 2. The van der Waals surface area contributed by atoms with Crippen molar-refractivity contribution in [2.75, 3.05) is 7.11 Å². The number of imidazole rings is 1. The third kappa shape index (κ3) is 3.00. The fourth-order valence-corrected chi connectivity index (χ4v) is 2.49. The van der Waals surface area contributed by atoms with E-state index in [1.54, 1.807) is 36.4 Å². The lowest BCUT2D eigenvalue weighted by Crippen LogP contribution is -2.23. The number of halogens is 1.